The molecular weight excluding hydrogens is 378 g/mol. The van der Waals surface area contributed by atoms with E-state index in [1.165, 1.54) is 0 Å². The third kappa shape index (κ3) is 3.15. The summed E-state index contributed by atoms with van der Waals surface area (Å²) in [7, 11) is 0. The van der Waals surface area contributed by atoms with Gasteiger partial charge in [0.25, 0.3) is 0 Å². The van der Waals surface area contributed by atoms with Crippen molar-refractivity contribution in [2.45, 2.75) is 30.9 Å². The van der Waals surface area contributed by atoms with E-state index in [-0.39, 0.29) is 11.8 Å². The fourth-order valence-electron chi connectivity index (χ4n) is 4.67. The molecule has 7 nitrogen and oxygen atoms in total. The molecule has 0 bridgehead atoms. The number of hydrogen-bond donors (Lipinski definition) is 3. The second-order valence-corrected chi connectivity index (χ2v) is 8.14. The smallest absolute Gasteiger partial charge is 0.224 e. The summed E-state index contributed by atoms with van der Waals surface area (Å²) in [5.74, 6) is 0.747. The van der Waals surface area contributed by atoms with Gasteiger partial charge in [-0.3, -0.25) is 9.89 Å². The molecule has 3 N–H and O–H groups in total. The number of hydrogen-bond acceptors (Lipinski definition) is 5. The monoisotopic (exact) mass is 403 g/mol. The van der Waals surface area contributed by atoms with Gasteiger partial charge in [0.05, 0.1) is 28.7 Å². The fraction of sp³-hybridized carbons (Fsp3) is 0.348. The normalized spacial score (nSPS) is 24.4. The highest BCUT2D eigenvalue weighted by molar-refractivity contribution is 5.89. The van der Waals surface area contributed by atoms with E-state index in [4.69, 9.17) is 0 Å². The van der Waals surface area contributed by atoms with Crippen LogP contribution in [-0.2, 0) is 10.3 Å². The zero-order valence-electron chi connectivity index (χ0n) is 16.7. The van der Waals surface area contributed by atoms with Crippen LogP contribution in [0.2, 0.25) is 0 Å². The van der Waals surface area contributed by atoms with Crippen LogP contribution in [0.15, 0.2) is 60.9 Å². The number of β-amino-alcohol motifs (C(OH)–C–C–N with tert-alkyl or cyclic N) is 1. The number of carbonyl (C=O) groups is 1. The number of H-pyrrole nitrogens is 1. The van der Waals surface area contributed by atoms with Gasteiger partial charge in [-0.05, 0) is 30.9 Å². The summed E-state index contributed by atoms with van der Waals surface area (Å²) < 4.78 is 0. The quantitative estimate of drug-likeness (QED) is 0.582. The summed E-state index contributed by atoms with van der Waals surface area (Å²) in [6, 6.07) is 11.7. The van der Waals surface area contributed by atoms with Crippen LogP contribution in [0.5, 0.6) is 0 Å². The topological polar surface area (TPSA) is 94.1 Å². The Balaban J connectivity index is 1.45. The van der Waals surface area contributed by atoms with Gasteiger partial charge in [0.2, 0.25) is 5.91 Å². The molecule has 5 rings (SSSR count). The van der Waals surface area contributed by atoms with Crippen molar-refractivity contribution in [3.8, 4) is 0 Å². The van der Waals surface area contributed by atoms with Crippen LogP contribution in [0.3, 0.4) is 0 Å². The average Bonchev–Trinajstić information content (AvgIpc) is 3.48. The molecule has 0 saturated carbocycles. The maximum Gasteiger partial charge on any atom is 0.224 e. The van der Waals surface area contributed by atoms with Crippen LogP contribution in [0.4, 0.5) is 5.82 Å². The van der Waals surface area contributed by atoms with Gasteiger partial charge in [-0.1, -0.05) is 42.5 Å². The number of fused-ring (bicyclic) bond motifs is 1. The Labute approximate surface area is 174 Å². The molecule has 1 fully saturated rings. The van der Waals surface area contributed by atoms with Crippen molar-refractivity contribution in [2.24, 2.45) is 5.92 Å². The maximum atomic E-state index is 13.0. The first kappa shape index (κ1) is 18.8. The lowest BCUT2D eigenvalue weighted by atomic mass is 9.78. The Morgan fingerprint density at radius 2 is 2.00 bits per heavy atom. The highest BCUT2D eigenvalue weighted by Crippen LogP contribution is 2.37. The van der Waals surface area contributed by atoms with Gasteiger partial charge in [0.1, 0.15) is 5.82 Å². The number of amides is 1. The number of carbonyl (C=O) groups excluding carboxylic acids is 1. The summed E-state index contributed by atoms with van der Waals surface area (Å²) in [5, 5.41) is 22.7. The third-order valence-corrected chi connectivity index (χ3v) is 6.40. The van der Waals surface area contributed by atoms with Gasteiger partial charge < -0.3 is 15.3 Å². The Hall–Kier alpha value is -3.19. The minimum Gasteiger partial charge on any atom is -0.388 e. The molecule has 7 heteroatoms. The van der Waals surface area contributed by atoms with Crippen LogP contribution >= 0.6 is 0 Å². The Morgan fingerprint density at radius 1 is 1.20 bits per heavy atom. The molecule has 2 aromatic heterocycles. The number of anilines is 1. The number of rotatable bonds is 4. The van der Waals surface area contributed by atoms with Crippen molar-refractivity contribution >= 4 is 22.6 Å². The third-order valence-electron chi connectivity index (χ3n) is 6.40. The molecular formula is C23H25N5O2. The van der Waals surface area contributed by atoms with Gasteiger partial charge in [-0.25, -0.2) is 4.98 Å². The lowest BCUT2D eigenvalue weighted by Crippen LogP contribution is -2.62. The molecule has 30 heavy (non-hydrogen) atoms. The van der Waals surface area contributed by atoms with Gasteiger partial charge >= 0.3 is 0 Å². The number of nitrogens with one attached hydrogen (secondary N) is 2. The van der Waals surface area contributed by atoms with E-state index in [1.54, 1.807) is 12.4 Å². The van der Waals surface area contributed by atoms with E-state index in [9.17, 15) is 9.90 Å². The van der Waals surface area contributed by atoms with E-state index >= 15 is 0 Å². The summed E-state index contributed by atoms with van der Waals surface area (Å²) in [6.07, 6.45) is 8.92. The van der Waals surface area contributed by atoms with Crippen LogP contribution in [0.25, 0.3) is 10.9 Å². The summed E-state index contributed by atoms with van der Waals surface area (Å²) in [6.45, 7) is 1.03. The number of piperidine rings is 1. The molecule has 1 amide bonds. The Morgan fingerprint density at radius 3 is 2.77 bits per heavy atom. The molecule has 1 aliphatic carbocycles. The number of aliphatic hydroxyl groups is 1. The van der Waals surface area contributed by atoms with Crippen molar-refractivity contribution in [3.05, 3.63) is 66.5 Å². The fourth-order valence-corrected chi connectivity index (χ4v) is 4.67. The predicted molar refractivity (Wildman–Crippen MR) is 115 cm³/mol. The van der Waals surface area contributed by atoms with E-state index in [1.807, 2.05) is 36.4 Å². The van der Waals surface area contributed by atoms with Crippen LogP contribution in [-0.4, -0.2) is 45.4 Å². The Bertz CT molecular complexity index is 1070. The second-order valence-electron chi connectivity index (χ2n) is 8.14. The van der Waals surface area contributed by atoms with Crippen molar-refractivity contribution in [3.63, 3.8) is 0 Å². The van der Waals surface area contributed by atoms with E-state index in [0.717, 1.165) is 35.1 Å². The number of benzene rings is 1. The Kier molecular flexibility index (Phi) is 4.75. The molecule has 3 heterocycles. The van der Waals surface area contributed by atoms with E-state index in [0.29, 0.717) is 19.5 Å². The molecule has 2 aliphatic rings. The zero-order chi connectivity index (χ0) is 20.6. The highest BCUT2D eigenvalue weighted by atomic mass is 16.3. The highest BCUT2D eigenvalue weighted by Gasteiger charge is 2.46. The van der Waals surface area contributed by atoms with Crippen molar-refractivity contribution in [2.75, 3.05) is 18.0 Å². The molecule has 1 saturated heterocycles. The number of aromatic amines is 1. The summed E-state index contributed by atoms with van der Waals surface area (Å²) >= 11 is 0. The van der Waals surface area contributed by atoms with Crippen molar-refractivity contribution in [1.29, 1.82) is 0 Å². The van der Waals surface area contributed by atoms with Crippen molar-refractivity contribution < 1.29 is 9.90 Å². The first-order valence-electron chi connectivity index (χ1n) is 10.4. The number of pyridine rings is 1. The SMILES string of the molecule is O=C(N[C@]1(c2ccccc2)CCN(c2nccc3[nH]ncc23)C[C@H]1O)C1CC=CC1. The standard InChI is InChI=1S/C23H25N5O2/c29-20-15-28(21-18-14-25-27-19(18)10-12-24-21)13-11-23(20,17-8-2-1-3-9-17)26-22(30)16-6-4-5-7-16/h1-5,8-10,12,14,16,20,29H,6-7,11,13,15H2,(H,25,27)(H,26,30)/t20-,23+/m1/s1. The van der Waals surface area contributed by atoms with Crippen LogP contribution in [0.1, 0.15) is 24.8 Å². The zero-order valence-corrected chi connectivity index (χ0v) is 16.7. The molecule has 0 unspecified atom stereocenters. The molecule has 1 aliphatic heterocycles. The first-order valence-corrected chi connectivity index (χ1v) is 10.4. The van der Waals surface area contributed by atoms with Gasteiger partial charge in [0, 0.05) is 25.2 Å². The minimum atomic E-state index is -0.818. The van der Waals surface area contributed by atoms with Gasteiger partial charge in [-0.2, -0.15) is 5.10 Å². The molecule has 0 spiro atoms. The predicted octanol–water partition coefficient (Wildman–Crippen LogP) is 2.51. The van der Waals surface area contributed by atoms with Crippen LogP contribution < -0.4 is 10.2 Å². The van der Waals surface area contributed by atoms with E-state index < -0.39 is 11.6 Å². The summed E-state index contributed by atoms with van der Waals surface area (Å²) in [4.78, 5) is 19.6. The lowest BCUT2D eigenvalue weighted by Gasteiger charge is -2.47. The minimum absolute atomic E-state index is 0.00594. The summed E-state index contributed by atoms with van der Waals surface area (Å²) in [5.41, 5.74) is 1.03. The molecule has 2 atom stereocenters. The number of aliphatic hydroxyl groups excluding tert-OH is 1. The number of nitrogens with zero attached hydrogens (tertiary/aromatic N) is 3. The van der Waals surface area contributed by atoms with Crippen LogP contribution in [0, 0.1) is 5.92 Å². The molecule has 3 aromatic rings. The number of aromatic nitrogens is 3. The molecule has 0 radical (unpaired) electrons. The lowest BCUT2D eigenvalue weighted by molar-refractivity contribution is -0.129. The van der Waals surface area contributed by atoms with Crippen molar-refractivity contribution in [1.82, 2.24) is 20.5 Å². The molecule has 1 aromatic carbocycles. The molecule has 154 valence electrons. The second kappa shape index (κ2) is 7.57. The maximum absolute atomic E-state index is 13.0. The largest absolute Gasteiger partial charge is 0.388 e. The average molecular weight is 403 g/mol. The number of allylic oxidation sites excluding steroid dienone is 2. The first-order chi connectivity index (χ1) is 14.7. The van der Waals surface area contributed by atoms with Gasteiger partial charge in [-0.15, -0.1) is 0 Å². The van der Waals surface area contributed by atoms with Gasteiger partial charge in [0.15, 0.2) is 0 Å². The van der Waals surface area contributed by atoms with E-state index in [2.05, 4.69) is 37.6 Å².